The van der Waals surface area contributed by atoms with Gasteiger partial charge in [-0.3, -0.25) is 4.79 Å². The fourth-order valence-corrected chi connectivity index (χ4v) is 2.31. The van der Waals surface area contributed by atoms with Gasteiger partial charge in [0.1, 0.15) is 5.75 Å². The lowest BCUT2D eigenvalue weighted by Crippen LogP contribution is -2.46. The third kappa shape index (κ3) is 5.19. The van der Waals surface area contributed by atoms with E-state index in [1.165, 1.54) is 0 Å². The van der Waals surface area contributed by atoms with E-state index in [0.717, 1.165) is 25.1 Å². The van der Waals surface area contributed by atoms with Gasteiger partial charge in [0.2, 0.25) is 5.91 Å². The minimum atomic E-state index is 0. The summed E-state index contributed by atoms with van der Waals surface area (Å²) in [6.45, 7) is 1.86. The van der Waals surface area contributed by atoms with Crippen LogP contribution in [0.5, 0.6) is 5.75 Å². The van der Waals surface area contributed by atoms with E-state index in [2.05, 4.69) is 0 Å². The maximum absolute atomic E-state index is 12.0. The van der Waals surface area contributed by atoms with Gasteiger partial charge in [-0.25, -0.2) is 0 Å². The summed E-state index contributed by atoms with van der Waals surface area (Å²) in [5.41, 5.74) is 5.86. The Balaban J connectivity index is 0.00000200. The highest BCUT2D eigenvalue weighted by Gasteiger charge is 2.20. The van der Waals surface area contributed by atoms with Gasteiger partial charge in [-0.05, 0) is 37.1 Å². The minimum absolute atomic E-state index is 0. The molecular weight excluding hydrogens is 299 g/mol. The predicted molar refractivity (Wildman–Crippen MR) is 82.6 cm³/mol. The van der Waals surface area contributed by atoms with E-state index in [4.69, 9.17) is 22.1 Å². The van der Waals surface area contributed by atoms with Crippen molar-refractivity contribution in [1.82, 2.24) is 4.90 Å². The van der Waals surface area contributed by atoms with Crippen molar-refractivity contribution < 1.29 is 9.53 Å². The van der Waals surface area contributed by atoms with E-state index in [1.807, 2.05) is 4.90 Å². The molecule has 1 aromatic carbocycles. The molecule has 1 unspecified atom stereocenters. The molecule has 0 radical (unpaired) electrons. The second-order valence-corrected chi connectivity index (χ2v) is 5.23. The van der Waals surface area contributed by atoms with Crippen LogP contribution in [0.2, 0.25) is 5.02 Å². The standard InChI is InChI=1S/C14H19ClN2O2.ClH/c15-11-3-5-13(6-4-11)19-9-7-14(18)17-8-1-2-12(16)10-17;/h3-6,12H,1-2,7-10,16H2;1H. The Hall–Kier alpha value is -0.970. The van der Waals surface area contributed by atoms with Crippen LogP contribution in [-0.4, -0.2) is 36.5 Å². The number of amides is 1. The van der Waals surface area contributed by atoms with Crippen LogP contribution in [-0.2, 0) is 4.79 Å². The third-order valence-corrected chi connectivity index (χ3v) is 3.46. The minimum Gasteiger partial charge on any atom is -0.493 e. The molecule has 2 rings (SSSR count). The van der Waals surface area contributed by atoms with Gasteiger partial charge in [-0.1, -0.05) is 11.6 Å². The summed E-state index contributed by atoms with van der Waals surface area (Å²) in [5.74, 6) is 0.844. The number of nitrogens with zero attached hydrogens (tertiary/aromatic N) is 1. The Morgan fingerprint density at radius 1 is 1.40 bits per heavy atom. The van der Waals surface area contributed by atoms with Crippen molar-refractivity contribution in [2.24, 2.45) is 5.73 Å². The van der Waals surface area contributed by atoms with Crippen LogP contribution in [0.25, 0.3) is 0 Å². The second kappa shape index (κ2) is 8.35. The number of hydrogen-bond donors (Lipinski definition) is 1. The van der Waals surface area contributed by atoms with E-state index in [-0.39, 0.29) is 24.4 Å². The number of halogens is 2. The molecule has 1 atom stereocenters. The molecule has 2 N–H and O–H groups in total. The van der Waals surface area contributed by atoms with Crippen LogP contribution in [0.4, 0.5) is 0 Å². The molecule has 1 fully saturated rings. The van der Waals surface area contributed by atoms with Crippen LogP contribution in [0.15, 0.2) is 24.3 Å². The number of nitrogens with two attached hydrogens (primary N) is 1. The molecule has 4 nitrogen and oxygen atoms in total. The maximum Gasteiger partial charge on any atom is 0.226 e. The summed E-state index contributed by atoms with van der Waals surface area (Å²) in [6.07, 6.45) is 2.38. The molecule has 1 amide bonds. The van der Waals surface area contributed by atoms with Crippen molar-refractivity contribution in [3.05, 3.63) is 29.3 Å². The summed E-state index contributed by atoms with van der Waals surface area (Å²) in [5, 5.41) is 0.672. The molecule has 20 heavy (non-hydrogen) atoms. The van der Waals surface area contributed by atoms with Crippen molar-refractivity contribution in [3.63, 3.8) is 0 Å². The normalized spacial score (nSPS) is 18.3. The Morgan fingerprint density at radius 2 is 2.10 bits per heavy atom. The first-order valence-electron chi connectivity index (χ1n) is 6.57. The molecule has 0 aliphatic carbocycles. The fourth-order valence-electron chi connectivity index (χ4n) is 2.18. The van der Waals surface area contributed by atoms with Crippen LogP contribution >= 0.6 is 24.0 Å². The third-order valence-electron chi connectivity index (χ3n) is 3.21. The topological polar surface area (TPSA) is 55.6 Å². The summed E-state index contributed by atoms with van der Waals surface area (Å²) < 4.78 is 5.51. The highest BCUT2D eigenvalue weighted by atomic mass is 35.5. The molecule has 1 heterocycles. The van der Waals surface area contributed by atoms with Crippen LogP contribution in [0.1, 0.15) is 19.3 Å². The SMILES string of the molecule is Cl.NC1CCCN(C(=O)CCOc2ccc(Cl)cc2)C1. The van der Waals surface area contributed by atoms with Gasteiger partial charge in [-0.15, -0.1) is 12.4 Å². The summed E-state index contributed by atoms with van der Waals surface area (Å²) in [6, 6.07) is 7.24. The molecule has 1 aromatic rings. The molecule has 1 aliphatic rings. The molecule has 0 aromatic heterocycles. The molecule has 112 valence electrons. The maximum atomic E-state index is 12.0. The first-order chi connectivity index (χ1) is 9.15. The average molecular weight is 319 g/mol. The van der Waals surface area contributed by atoms with E-state index in [9.17, 15) is 4.79 Å². The van der Waals surface area contributed by atoms with Gasteiger partial charge < -0.3 is 15.4 Å². The Labute approximate surface area is 130 Å². The van der Waals surface area contributed by atoms with Crippen molar-refractivity contribution in [1.29, 1.82) is 0 Å². The van der Waals surface area contributed by atoms with Crippen LogP contribution in [0.3, 0.4) is 0 Å². The summed E-state index contributed by atoms with van der Waals surface area (Å²) in [4.78, 5) is 13.8. The Kier molecular flexibility index (Phi) is 7.13. The lowest BCUT2D eigenvalue weighted by molar-refractivity contribution is -0.132. The Bertz CT molecular complexity index is 426. The van der Waals surface area contributed by atoms with E-state index in [0.29, 0.717) is 24.6 Å². The molecule has 0 bridgehead atoms. The predicted octanol–water partition coefficient (Wildman–Crippen LogP) is 2.48. The first-order valence-corrected chi connectivity index (χ1v) is 6.94. The molecule has 1 saturated heterocycles. The number of piperidine rings is 1. The number of benzene rings is 1. The summed E-state index contributed by atoms with van der Waals surface area (Å²) in [7, 11) is 0. The lowest BCUT2D eigenvalue weighted by atomic mass is 10.1. The quantitative estimate of drug-likeness (QED) is 0.927. The summed E-state index contributed by atoms with van der Waals surface area (Å²) >= 11 is 5.78. The van der Waals surface area contributed by atoms with Crippen molar-refractivity contribution >= 4 is 29.9 Å². The molecule has 0 saturated carbocycles. The Morgan fingerprint density at radius 3 is 2.75 bits per heavy atom. The van der Waals surface area contributed by atoms with Crippen molar-refractivity contribution in [3.8, 4) is 5.75 Å². The van der Waals surface area contributed by atoms with Gasteiger partial charge in [0.05, 0.1) is 13.0 Å². The largest absolute Gasteiger partial charge is 0.493 e. The monoisotopic (exact) mass is 318 g/mol. The number of likely N-dealkylation sites (tertiary alicyclic amines) is 1. The fraction of sp³-hybridized carbons (Fsp3) is 0.500. The number of hydrogen-bond acceptors (Lipinski definition) is 3. The smallest absolute Gasteiger partial charge is 0.226 e. The van der Waals surface area contributed by atoms with Crippen molar-refractivity contribution in [2.75, 3.05) is 19.7 Å². The van der Waals surface area contributed by atoms with Gasteiger partial charge in [0, 0.05) is 24.2 Å². The van der Waals surface area contributed by atoms with Gasteiger partial charge in [0.25, 0.3) is 0 Å². The van der Waals surface area contributed by atoms with Crippen LogP contribution in [0, 0.1) is 0 Å². The number of carbonyl (C=O) groups is 1. The molecule has 0 spiro atoms. The first kappa shape index (κ1) is 17.1. The highest BCUT2D eigenvalue weighted by molar-refractivity contribution is 6.30. The van der Waals surface area contributed by atoms with E-state index in [1.54, 1.807) is 24.3 Å². The zero-order valence-electron chi connectivity index (χ0n) is 11.3. The molecule has 1 aliphatic heterocycles. The number of ether oxygens (including phenoxy) is 1. The zero-order valence-corrected chi connectivity index (χ0v) is 12.8. The van der Waals surface area contributed by atoms with Gasteiger partial charge >= 0.3 is 0 Å². The van der Waals surface area contributed by atoms with E-state index >= 15 is 0 Å². The highest BCUT2D eigenvalue weighted by Crippen LogP contribution is 2.16. The van der Waals surface area contributed by atoms with Gasteiger partial charge in [-0.2, -0.15) is 0 Å². The van der Waals surface area contributed by atoms with Crippen LogP contribution < -0.4 is 10.5 Å². The van der Waals surface area contributed by atoms with Crippen molar-refractivity contribution in [2.45, 2.75) is 25.3 Å². The lowest BCUT2D eigenvalue weighted by Gasteiger charge is -2.30. The molecule has 6 heteroatoms. The number of rotatable bonds is 4. The average Bonchev–Trinajstić information content (AvgIpc) is 2.41. The number of carbonyl (C=O) groups excluding carboxylic acids is 1. The second-order valence-electron chi connectivity index (χ2n) is 4.79. The van der Waals surface area contributed by atoms with Gasteiger partial charge in [0.15, 0.2) is 0 Å². The molecular formula is C14H20Cl2N2O2. The van der Waals surface area contributed by atoms with E-state index < -0.39 is 0 Å². The zero-order chi connectivity index (χ0) is 13.7.